The minimum absolute atomic E-state index is 0.365. The minimum Gasteiger partial charge on any atom is -0.331 e. The van der Waals surface area contributed by atoms with E-state index >= 15 is 0 Å². The predicted molar refractivity (Wildman–Crippen MR) is 66.4 cm³/mol. The van der Waals surface area contributed by atoms with E-state index in [0.717, 1.165) is 26.1 Å². The Morgan fingerprint density at radius 2 is 2.19 bits per heavy atom. The summed E-state index contributed by atoms with van der Waals surface area (Å²) in [6, 6.07) is 0. The lowest BCUT2D eigenvalue weighted by Gasteiger charge is -2.26. The van der Waals surface area contributed by atoms with Crippen molar-refractivity contribution in [2.75, 3.05) is 6.54 Å². The van der Waals surface area contributed by atoms with Gasteiger partial charge in [0.1, 0.15) is 5.82 Å². The van der Waals surface area contributed by atoms with Crippen LogP contribution in [0.3, 0.4) is 0 Å². The second kappa shape index (κ2) is 4.21. The highest BCUT2D eigenvalue weighted by Gasteiger charge is 2.22. The molecule has 0 saturated heterocycles. The Morgan fingerprint density at radius 3 is 2.88 bits per heavy atom. The molecule has 0 amide bonds. The first-order valence-electron chi connectivity index (χ1n) is 6.29. The third-order valence-corrected chi connectivity index (χ3v) is 3.72. The van der Waals surface area contributed by atoms with E-state index in [9.17, 15) is 0 Å². The fraction of sp³-hybridized carbons (Fsp3) is 0.769. The van der Waals surface area contributed by atoms with Crippen LogP contribution in [0.2, 0.25) is 0 Å². The van der Waals surface area contributed by atoms with Gasteiger partial charge in [-0.25, -0.2) is 4.98 Å². The normalized spacial score (nSPS) is 16.2. The van der Waals surface area contributed by atoms with Gasteiger partial charge in [0.15, 0.2) is 0 Å². The number of nitrogens with zero attached hydrogens (tertiary/aromatic N) is 2. The molecule has 0 unspecified atom stereocenters. The van der Waals surface area contributed by atoms with Crippen LogP contribution in [-0.4, -0.2) is 16.1 Å². The summed E-state index contributed by atoms with van der Waals surface area (Å²) in [4.78, 5) is 4.67. The molecule has 0 aliphatic carbocycles. The quantitative estimate of drug-likeness (QED) is 0.848. The predicted octanol–water partition coefficient (Wildman–Crippen LogP) is 2.27. The van der Waals surface area contributed by atoms with Gasteiger partial charge < -0.3 is 9.88 Å². The van der Waals surface area contributed by atoms with Gasteiger partial charge in [-0.05, 0) is 18.8 Å². The van der Waals surface area contributed by atoms with Gasteiger partial charge in [-0.1, -0.05) is 20.8 Å². The first-order valence-corrected chi connectivity index (χ1v) is 6.29. The molecule has 0 radical (unpaired) electrons. The van der Waals surface area contributed by atoms with E-state index in [1.54, 1.807) is 0 Å². The van der Waals surface area contributed by atoms with E-state index in [4.69, 9.17) is 0 Å². The molecule has 0 fully saturated rings. The Balaban J connectivity index is 2.30. The number of hydrogen-bond donors (Lipinski definition) is 1. The fourth-order valence-corrected chi connectivity index (χ4v) is 2.26. The molecule has 0 saturated carbocycles. The standard InChI is InChI=1S/C13H23N3/c1-5-13(3,4)9-16-10(2)15-11-8-14-7-6-12(11)16/h14H,5-9H2,1-4H3. The number of fused-ring (bicyclic) bond motifs is 1. The van der Waals surface area contributed by atoms with Crippen LogP contribution in [0.1, 0.15) is 44.4 Å². The summed E-state index contributed by atoms with van der Waals surface area (Å²) >= 11 is 0. The Labute approximate surface area is 98.3 Å². The van der Waals surface area contributed by atoms with Crippen LogP contribution < -0.4 is 5.32 Å². The molecule has 1 aromatic heterocycles. The minimum atomic E-state index is 0.365. The van der Waals surface area contributed by atoms with E-state index < -0.39 is 0 Å². The van der Waals surface area contributed by atoms with Crippen LogP contribution in [0, 0.1) is 12.3 Å². The number of aromatic nitrogens is 2. The van der Waals surface area contributed by atoms with Crippen molar-refractivity contribution in [3.8, 4) is 0 Å². The first kappa shape index (κ1) is 11.6. The van der Waals surface area contributed by atoms with Gasteiger partial charge in [0.05, 0.1) is 5.69 Å². The maximum absolute atomic E-state index is 4.67. The zero-order valence-electron chi connectivity index (χ0n) is 10.9. The SMILES string of the molecule is CCC(C)(C)Cn1c(C)nc2c1CCNC2. The lowest BCUT2D eigenvalue weighted by molar-refractivity contribution is 0.287. The number of aryl methyl sites for hydroxylation is 1. The summed E-state index contributed by atoms with van der Waals surface area (Å²) < 4.78 is 2.43. The molecule has 3 nitrogen and oxygen atoms in total. The molecule has 0 aromatic carbocycles. The molecule has 0 spiro atoms. The van der Waals surface area contributed by atoms with Crippen molar-refractivity contribution in [3.05, 3.63) is 17.2 Å². The highest BCUT2D eigenvalue weighted by Crippen LogP contribution is 2.26. The Morgan fingerprint density at radius 1 is 1.44 bits per heavy atom. The van der Waals surface area contributed by atoms with Crippen LogP contribution >= 0.6 is 0 Å². The number of hydrogen-bond acceptors (Lipinski definition) is 2. The first-order chi connectivity index (χ1) is 7.53. The Kier molecular flexibility index (Phi) is 3.06. The zero-order valence-corrected chi connectivity index (χ0v) is 10.9. The summed E-state index contributed by atoms with van der Waals surface area (Å²) in [6.07, 6.45) is 2.33. The molecule has 1 aliphatic rings. The van der Waals surface area contributed by atoms with Crippen molar-refractivity contribution < 1.29 is 0 Å². The average molecular weight is 221 g/mol. The summed E-state index contributed by atoms with van der Waals surface area (Å²) in [6.45, 7) is 12.2. The van der Waals surface area contributed by atoms with Crippen LogP contribution in [-0.2, 0) is 19.5 Å². The van der Waals surface area contributed by atoms with E-state index in [1.165, 1.54) is 23.6 Å². The third kappa shape index (κ3) is 2.14. The molecule has 0 bridgehead atoms. The maximum atomic E-state index is 4.67. The fourth-order valence-electron chi connectivity index (χ4n) is 2.26. The van der Waals surface area contributed by atoms with Crippen LogP contribution in [0.15, 0.2) is 0 Å². The summed E-state index contributed by atoms with van der Waals surface area (Å²) in [5, 5.41) is 3.38. The van der Waals surface area contributed by atoms with Crippen molar-refractivity contribution in [2.45, 2.75) is 53.6 Å². The molecule has 90 valence electrons. The third-order valence-electron chi connectivity index (χ3n) is 3.72. The second-order valence-corrected chi connectivity index (χ2v) is 5.58. The topological polar surface area (TPSA) is 29.9 Å². The van der Waals surface area contributed by atoms with Crippen molar-refractivity contribution in [2.24, 2.45) is 5.41 Å². The Hall–Kier alpha value is -0.830. The van der Waals surface area contributed by atoms with E-state index in [1.807, 2.05) is 0 Å². The highest BCUT2D eigenvalue weighted by atomic mass is 15.1. The lowest BCUT2D eigenvalue weighted by Crippen LogP contribution is -2.27. The van der Waals surface area contributed by atoms with Gasteiger partial charge in [-0.3, -0.25) is 0 Å². The monoisotopic (exact) mass is 221 g/mol. The van der Waals surface area contributed by atoms with E-state index in [0.29, 0.717) is 5.41 Å². The molecule has 1 aliphatic heterocycles. The molecule has 16 heavy (non-hydrogen) atoms. The van der Waals surface area contributed by atoms with E-state index in [2.05, 4.69) is 42.6 Å². The number of nitrogens with one attached hydrogen (secondary N) is 1. The van der Waals surface area contributed by atoms with Gasteiger partial charge in [-0.15, -0.1) is 0 Å². The highest BCUT2D eigenvalue weighted by molar-refractivity contribution is 5.20. The molecule has 0 atom stereocenters. The summed E-state index contributed by atoms with van der Waals surface area (Å²) in [5.41, 5.74) is 3.08. The number of rotatable bonds is 3. The zero-order chi connectivity index (χ0) is 11.8. The van der Waals surface area contributed by atoms with Crippen molar-refractivity contribution in [1.29, 1.82) is 0 Å². The van der Waals surface area contributed by atoms with Crippen LogP contribution in [0.25, 0.3) is 0 Å². The molecule has 2 heterocycles. The smallest absolute Gasteiger partial charge is 0.106 e. The van der Waals surface area contributed by atoms with Gasteiger partial charge in [0.2, 0.25) is 0 Å². The maximum Gasteiger partial charge on any atom is 0.106 e. The lowest BCUT2D eigenvalue weighted by atomic mass is 9.90. The summed E-state index contributed by atoms with van der Waals surface area (Å²) in [5.74, 6) is 1.18. The van der Waals surface area contributed by atoms with Crippen LogP contribution in [0.5, 0.6) is 0 Å². The van der Waals surface area contributed by atoms with Gasteiger partial charge in [0, 0.05) is 31.7 Å². The van der Waals surface area contributed by atoms with E-state index in [-0.39, 0.29) is 0 Å². The average Bonchev–Trinajstić information content (AvgIpc) is 2.56. The number of imidazole rings is 1. The van der Waals surface area contributed by atoms with Crippen molar-refractivity contribution in [1.82, 2.24) is 14.9 Å². The molecule has 1 N–H and O–H groups in total. The largest absolute Gasteiger partial charge is 0.331 e. The van der Waals surface area contributed by atoms with Crippen molar-refractivity contribution >= 4 is 0 Å². The van der Waals surface area contributed by atoms with Crippen molar-refractivity contribution in [3.63, 3.8) is 0 Å². The Bertz CT molecular complexity index is 377. The van der Waals surface area contributed by atoms with Gasteiger partial charge >= 0.3 is 0 Å². The van der Waals surface area contributed by atoms with Crippen LogP contribution in [0.4, 0.5) is 0 Å². The molecule has 2 rings (SSSR count). The molecular weight excluding hydrogens is 198 g/mol. The van der Waals surface area contributed by atoms with Gasteiger partial charge in [0.25, 0.3) is 0 Å². The summed E-state index contributed by atoms with van der Waals surface area (Å²) in [7, 11) is 0. The van der Waals surface area contributed by atoms with Gasteiger partial charge in [-0.2, -0.15) is 0 Å². The molecule has 3 heteroatoms. The molecular formula is C13H23N3. The second-order valence-electron chi connectivity index (χ2n) is 5.58. The molecule has 1 aromatic rings.